The lowest BCUT2D eigenvalue weighted by Crippen LogP contribution is -2.20. The maximum Gasteiger partial charge on any atom is 0.412 e. The second-order valence-electron chi connectivity index (χ2n) is 8.97. The minimum atomic E-state index is -0.989. The molecule has 0 aliphatic heterocycles. The molecule has 2 heterocycles. The molecule has 38 heavy (non-hydrogen) atoms. The number of para-hydroxylation sites is 1. The Bertz CT molecular complexity index is 1610. The van der Waals surface area contributed by atoms with Gasteiger partial charge in [0.15, 0.2) is 6.10 Å². The van der Waals surface area contributed by atoms with Crippen molar-refractivity contribution in [1.29, 1.82) is 0 Å². The molecular weight excluding hydrogens is 478 g/mol. The number of amides is 1. The lowest BCUT2D eigenvalue weighted by Gasteiger charge is -2.21. The smallest absolute Gasteiger partial charge is 0.412 e. The summed E-state index contributed by atoms with van der Waals surface area (Å²) in [5.74, 6) is -0.989. The second kappa shape index (κ2) is 10.6. The fraction of sp³-hybridized carbons (Fsp3) is 0.129. The SMILES string of the molecule is CCc1cn2c([C@H](OC(=O)Nc3ccccc3)c3ccc(-c4ccccc4C(=O)O)cc3)ccc(C)c2n1. The van der Waals surface area contributed by atoms with E-state index in [2.05, 4.69) is 5.32 Å². The molecule has 5 rings (SSSR count). The van der Waals surface area contributed by atoms with Crippen LogP contribution in [0.4, 0.5) is 10.5 Å². The summed E-state index contributed by atoms with van der Waals surface area (Å²) >= 11 is 0. The molecule has 7 heteroatoms. The van der Waals surface area contributed by atoms with E-state index >= 15 is 0 Å². The number of aromatic nitrogens is 2. The van der Waals surface area contributed by atoms with Gasteiger partial charge in [-0.15, -0.1) is 0 Å². The van der Waals surface area contributed by atoms with Crippen molar-refractivity contribution >= 4 is 23.4 Å². The summed E-state index contributed by atoms with van der Waals surface area (Å²) in [4.78, 5) is 29.5. The topological polar surface area (TPSA) is 92.9 Å². The van der Waals surface area contributed by atoms with Crippen LogP contribution in [0, 0.1) is 6.92 Å². The number of hydrogen-bond acceptors (Lipinski definition) is 4. The molecule has 2 N–H and O–H groups in total. The molecule has 3 aromatic carbocycles. The zero-order valence-electron chi connectivity index (χ0n) is 21.1. The Labute approximate surface area is 220 Å². The molecule has 2 aromatic heterocycles. The van der Waals surface area contributed by atoms with Crippen molar-refractivity contribution in [3.63, 3.8) is 0 Å². The molecule has 0 radical (unpaired) electrons. The normalized spacial score (nSPS) is 11.7. The van der Waals surface area contributed by atoms with Crippen LogP contribution in [0.25, 0.3) is 16.8 Å². The number of ether oxygens (including phenoxy) is 1. The number of rotatable bonds is 7. The van der Waals surface area contributed by atoms with Gasteiger partial charge < -0.3 is 9.84 Å². The predicted molar refractivity (Wildman–Crippen MR) is 147 cm³/mol. The summed E-state index contributed by atoms with van der Waals surface area (Å²) in [5, 5.41) is 12.4. The van der Waals surface area contributed by atoms with E-state index in [1.54, 1.807) is 30.3 Å². The number of anilines is 1. The highest BCUT2D eigenvalue weighted by atomic mass is 16.6. The molecule has 0 saturated carbocycles. The molecule has 7 nitrogen and oxygen atoms in total. The molecule has 1 atom stereocenters. The first-order chi connectivity index (χ1) is 18.4. The van der Waals surface area contributed by atoms with E-state index in [1.807, 2.05) is 85.1 Å². The summed E-state index contributed by atoms with van der Waals surface area (Å²) in [6, 6.07) is 27.3. The van der Waals surface area contributed by atoms with Gasteiger partial charge in [0, 0.05) is 11.9 Å². The molecule has 0 spiro atoms. The largest absolute Gasteiger partial charge is 0.478 e. The number of nitrogens with one attached hydrogen (secondary N) is 1. The number of pyridine rings is 1. The van der Waals surface area contributed by atoms with E-state index in [1.165, 1.54) is 0 Å². The molecule has 1 amide bonds. The molecule has 0 unspecified atom stereocenters. The van der Waals surface area contributed by atoms with Gasteiger partial charge in [-0.25, -0.2) is 14.6 Å². The van der Waals surface area contributed by atoms with Gasteiger partial charge in [-0.1, -0.05) is 73.7 Å². The van der Waals surface area contributed by atoms with Crippen molar-refractivity contribution in [3.05, 3.63) is 125 Å². The van der Waals surface area contributed by atoms with Crippen LogP contribution in [-0.4, -0.2) is 26.6 Å². The van der Waals surface area contributed by atoms with Crippen molar-refractivity contribution in [2.75, 3.05) is 5.32 Å². The number of fused-ring (bicyclic) bond motifs is 1. The number of hydrogen-bond donors (Lipinski definition) is 2. The highest BCUT2D eigenvalue weighted by Gasteiger charge is 2.24. The van der Waals surface area contributed by atoms with Crippen LogP contribution < -0.4 is 5.32 Å². The van der Waals surface area contributed by atoms with E-state index in [9.17, 15) is 14.7 Å². The maximum absolute atomic E-state index is 13.0. The number of carbonyl (C=O) groups excluding carboxylic acids is 1. The lowest BCUT2D eigenvalue weighted by molar-refractivity contribution is 0.0697. The van der Waals surface area contributed by atoms with E-state index < -0.39 is 18.2 Å². The van der Waals surface area contributed by atoms with Gasteiger partial charge in [0.1, 0.15) is 5.65 Å². The van der Waals surface area contributed by atoms with Crippen LogP contribution in [0.2, 0.25) is 0 Å². The number of aryl methyl sites for hydroxylation is 2. The molecule has 0 aliphatic rings. The number of carbonyl (C=O) groups is 2. The molecular formula is C31H27N3O4. The lowest BCUT2D eigenvalue weighted by atomic mass is 9.97. The number of carboxylic acid groups (broad SMARTS) is 1. The first-order valence-electron chi connectivity index (χ1n) is 12.4. The van der Waals surface area contributed by atoms with E-state index in [0.29, 0.717) is 11.3 Å². The number of imidazole rings is 1. The minimum absolute atomic E-state index is 0.223. The number of benzene rings is 3. The predicted octanol–water partition coefficient (Wildman–Crippen LogP) is 6.91. The van der Waals surface area contributed by atoms with Gasteiger partial charge in [-0.2, -0.15) is 0 Å². The maximum atomic E-state index is 13.0. The van der Waals surface area contributed by atoms with Crippen molar-refractivity contribution in [1.82, 2.24) is 9.38 Å². The summed E-state index contributed by atoms with van der Waals surface area (Å²) in [6.07, 6.45) is 1.41. The number of aromatic carboxylic acids is 1. The zero-order valence-corrected chi connectivity index (χ0v) is 21.1. The summed E-state index contributed by atoms with van der Waals surface area (Å²) in [5.41, 5.74) is 6.47. The number of carboxylic acids is 1. The quantitative estimate of drug-likeness (QED) is 0.251. The van der Waals surface area contributed by atoms with Crippen LogP contribution in [0.5, 0.6) is 0 Å². The van der Waals surface area contributed by atoms with Crippen molar-refractivity contribution in [3.8, 4) is 11.1 Å². The monoisotopic (exact) mass is 505 g/mol. The van der Waals surface area contributed by atoms with Crippen LogP contribution in [-0.2, 0) is 11.2 Å². The fourth-order valence-corrected chi connectivity index (χ4v) is 4.49. The average molecular weight is 506 g/mol. The van der Waals surface area contributed by atoms with E-state index in [0.717, 1.165) is 40.1 Å². The average Bonchev–Trinajstić information content (AvgIpc) is 3.39. The van der Waals surface area contributed by atoms with Gasteiger partial charge >= 0.3 is 12.1 Å². The minimum Gasteiger partial charge on any atom is -0.478 e. The molecule has 190 valence electrons. The highest BCUT2D eigenvalue weighted by Crippen LogP contribution is 2.31. The van der Waals surface area contributed by atoms with Crippen LogP contribution in [0.3, 0.4) is 0 Å². The highest BCUT2D eigenvalue weighted by molar-refractivity contribution is 5.96. The third-order valence-corrected chi connectivity index (χ3v) is 6.45. The molecule has 0 aliphatic carbocycles. The zero-order chi connectivity index (χ0) is 26.6. The third kappa shape index (κ3) is 4.99. The fourth-order valence-electron chi connectivity index (χ4n) is 4.49. The van der Waals surface area contributed by atoms with E-state index in [-0.39, 0.29) is 5.56 Å². The van der Waals surface area contributed by atoms with Gasteiger partial charge in [-0.05, 0) is 59.9 Å². The Morgan fingerprint density at radius 3 is 2.37 bits per heavy atom. The van der Waals surface area contributed by atoms with Crippen molar-refractivity contribution in [2.45, 2.75) is 26.4 Å². The summed E-state index contributed by atoms with van der Waals surface area (Å²) in [7, 11) is 0. The van der Waals surface area contributed by atoms with Crippen LogP contribution >= 0.6 is 0 Å². The van der Waals surface area contributed by atoms with Gasteiger partial charge in [0.2, 0.25) is 0 Å². The molecule has 0 fully saturated rings. The third-order valence-electron chi connectivity index (χ3n) is 6.45. The Kier molecular flexibility index (Phi) is 6.91. The molecule has 5 aromatic rings. The van der Waals surface area contributed by atoms with Gasteiger partial charge in [0.25, 0.3) is 0 Å². The first kappa shape index (κ1) is 24.8. The summed E-state index contributed by atoms with van der Waals surface area (Å²) < 4.78 is 8.01. The number of nitrogens with zero attached hydrogens (tertiary/aromatic N) is 2. The van der Waals surface area contributed by atoms with Crippen molar-refractivity contribution in [2.24, 2.45) is 0 Å². The van der Waals surface area contributed by atoms with Crippen molar-refractivity contribution < 1.29 is 19.4 Å². The van der Waals surface area contributed by atoms with Gasteiger partial charge in [-0.3, -0.25) is 9.72 Å². The van der Waals surface area contributed by atoms with Crippen LogP contribution in [0.15, 0.2) is 97.2 Å². The first-order valence-corrected chi connectivity index (χ1v) is 12.4. The Morgan fingerprint density at radius 1 is 0.947 bits per heavy atom. The molecule has 0 saturated heterocycles. The van der Waals surface area contributed by atoms with Gasteiger partial charge in [0.05, 0.1) is 17.0 Å². The van der Waals surface area contributed by atoms with Crippen LogP contribution in [0.1, 0.15) is 45.9 Å². The standard InChI is InChI=1S/C31H27N3O4/c1-3-23-19-34-27(18-13-20(2)29(34)32-23)28(38-31(37)33-24-9-5-4-6-10-24)22-16-14-21(15-17-22)25-11-7-8-12-26(25)30(35)36/h4-19,28H,3H2,1-2H3,(H,33,37)(H,35,36)/t28-/m1/s1. The van der Waals surface area contributed by atoms with E-state index in [4.69, 9.17) is 9.72 Å². The Hall–Kier alpha value is -4.91. The Balaban J connectivity index is 1.56. The molecule has 0 bridgehead atoms. The Morgan fingerprint density at radius 2 is 1.66 bits per heavy atom. The second-order valence-corrected chi connectivity index (χ2v) is 8.97. The summed E-state index contributed by atoms with van der Waals surface area (Å²) in [6.45, 7) is 4.05.